The van der Waals surface area contributed by atoms with Crippen molar-refractivity contribution in [3.63, 3.8) is 0 Å². The number of amides is 15. The number of hydrogen-bond acceptors (Lipinski definition) is 11. The molecule has 0 aromatic heterocycles. The lowest BCUT2D eigenvalue weighted by atomic mass is 10.1. The van der Waals surface area contributed by atoms with Crippen LogP contribution in [-0.2, 0) is 24.0 Å². The van der Waals surface area contributed by atoms with Crippen molar-refractivity contribution in [1.82, 2.24) is 61.3 Å². The van der Waals surface area contributed by atoms with E-state index in [4.69, 9.17) is 0 Å². The Morgan fingerprint density at radius 3 is 0.876 bits per heavy atom. The number of likely N-dealkylation sites (tertiary alicyclic amines) is 4. The van der Waals surface area contributed by atoms with Crippen molar-refractivity contribution >= 4 is 59.7 Å². The third-order valence-electron chi connectivity index (χ3n) is 17.7. The number of carbonyl (C=O) groups is 10. The van der Waals surface area contributed by atoms with Crippen LogP contribution < -0.4 is 31.9 Å². The van der Waals surface area contributed by atoms with Crippen LogP contribution in [0.4, 0.5) is 24.0 Å². The lowest BCUT2D eigenvalue weighted by Crippen LogP contribution is -2.43. The number of urea groups is 5. The fraction of sp³-hybridized carbons (Fsp3) is 0.851. The molecular formula is C67H120N12O10. The number of unbranched alkanes of at least 4 members (excludes halogenated alkanes) is 19. The van der Waals surface area contributed by atoms with Gasteiger partial charge in [0.15, 0.2) is 0 Å². The molecule has 22 heteroatoms. The minimum atomic E-state index is -0.291. The van der Waals surface area contributed by atoms with E-state index in [1.807, 2.05) is 9.80 Å². The molecule has 508 valence electrons. The Balaban J connectivity index is 1.04. The molecule has 22 nitrogen and oxygen atoms in total. The normalized spacial score (nSPS) is 16.0. The Bertz CT molecular complexity index is 1820. The first-order valence-electron chi connectivity index (χ1n) is 35.8. The number of nitrogens with zero attached hydrogens (tertiary/aromatic N) is 6. The first kappa shape index (κ1) is 75.9. The minimum Gasteiger partial charge on any atom is -0.338 e. The molecule has 0 bridgehead atoms. The van der Waals surface area contributed by atoms with Crippen LogP contribution in [0, 0.1) is 0 Å². The molecule has 4 aliphatic heterocycles. The molecule has 0 spiro atoms. The van der Waals surface area contributed by atoms with Crippen LogP contribution in [0.1, 0.15) is 270 Å². The fourth-order valence-corrected chi connectivity index (χ4v) is 12.1. The van der Waals surface area contributed by atoms with Crippen LogP contribution in [0.3, 0.4) is 0 Å². The Kier molecular flexibility index (Phi) is 42.0. The number of carbonyl (C=O) groups excluding carboxylic acids is 10. The van der Waals surface area contributed by atoms with Gasteiger partial charge in [0.25, 0.3) is 0 Å². The van der Waals surface area contributed by atoms with Gasteiger partial charge in [-0.1, -0.05) is 109 Å². The molecule has 0 aliphatic carbocycles. The average Bonchev–Trinajstić information content (AvgIpc) is 4.37. The van der Waals surface area contributed by atoms with Crippen molar-refractivity contribution in [1.29, 1.82) is 0 Å². The Morgan fingerprint density at radius 2 is 0.539 bits per heavy atom. The van der Waals surface area contributed by atoms with E-state index >= 15 is 0 Å². The molecule has 0 unspecified atom stereocenters. The monoisotopic (exact) mass is 1250 g/mol. The van der Waals surface area contributed by atoms with Gasteiger partial charge in [-0.2, -0.15) is 0 Å². The summed E-state index contributed by atoms with van der Waals surface area (Å²) >= 11 is 0. The van der Waals surface area contributed by atoms with E-state index < -0.39 is 0 Å². The van der Waals surface area contributed by atoms with Crippen molar-refractivity contribution in [2.45, 2.75) is 270 Å². The summed E-state index contributed by atoms with van der Waals surface area (Å²) < 4.78 is 0. The van der Waals surface area contributed by atoms with Gasteiger partial charge in [-0.25, -0.2) is 24.0 Å². The van der Waals surface area contributed by atoms with Gasteiger partial charge in [-0.3, -0.25) is 43.6 Å². The van der Waals surface area contributed by atoms with Crippen molar-refractivity contribution < 1.29 is 47.9 Å². The van der Waals surface area contributed by atoms with E-state index in [0.717, 1.165) is 251 Å². The van der Waals surface area contributed by atoms with Gasteiger partial charge in [0.2, 0.25) is 29.5 Å². The summed E-state index contributed by atoms with van der Waals surface area (Å²) in [5.41, 5.74) is 0. The van der Waals surface area contributed by atoms with E-state index in [1.54, 1.807) is 0 Å². The van der Waals surface area contributed by atoms with Crippen LogP contribution in [-0.4, -0.2) is 187 Å². The molecule has 4 saturated heterocycles. The summed E-state index contributed by atoms with van der Waals surface area (Å²) in [6.45, 7) is 9.40. The van der Waals surface area contributed by atoms with Gasteiger partial charge in [-0.15, -0.1) is 0 Å². The highest BCUT2D eigenvalue weighted by molar-refractivity contribution is 5.96. The number of nitrogens with one attached hydrogen (secondary N) is 6. The molecule has 4 heterocycles. The van der Waals surface area contributed by atoms with Gasteiger partial charge in [0.1, 0.15) is 0 Å². The van der Waals surface area contributed by atoms with Gasteiger partial charge in [0.05, 0.1) is 0 Å². The molecule has 6 N–H and O–H groups in total. The zero-order valence-electron chi connectivity index (χ0n) is 55.1. The SMILES string of the molecule is O=C(NCCCCCCNCCCCCCNC(=O)N(CCCCCCNC(=O)N1CCCCCC1=O)CCCCCCNC(=O)N1CCCCCC1=O)N(CCCCCCCC(=O)N1CCCCCC1=O)CCCCCCNC(=O)N1CCCCCC1=O. The molecule has 4 fully saturated rings. The van der Waals surface area contributed by atoms with E-state index in [-0.39, 0.29) is 59.7 Å². The van der Waals surface area contributed by atoms with Crippen LogP contribution >= 0.6 is 0 Å². The first-order valence-corrected chi connectivity index (χ1v) is 35.8. The molecule has 89 heavy (non-hydrogen) atoms. The average molecular weight is 1250 g/mol. The number of hydrogen-bond donors (Lipinski definition) is 6. The number of rotatable bonds is 43. The summed E-state index contributed by atoms with van der Waals surface area (Å²) in [5.74, 6) is -0.344. The second-order valence-electron chi connectivity index (χ2n) is 25.3. The highest BCUT2D eigenvalue weighted by atomic mass is 16.2. The van der Waals surface area contributed by atoms with Crippen LogP contribution in [0.5, 0.6) is 0 Å². The maximum absolute atomic E-state index is 13.5. The molecule has 4 rings (SSSR count). The molecule has 0 aromatic rings. The maximum atomic E-state index is 13.5. The second kappa shape index (κ2) is 49.2. The quantitative estimate of drug-likeness (QED) is 0.0313. The zero-order chi connectivity index (χ0) is 63.8. The van der Waals surface area contributed by atoms with Crippen LogP contribution in [0.25, 0.3) is 0 Å². The summed E-state index contributed by atoms with van der Waals surface area (Å²) in [5, 5.41) is 18.7. The van der Waals surface area contributed by atoms with Gasteiger partial charge in [0, 0.05) is 117 Å². The van der Waals surface area contributed by atoms with Crippen molar-refractivity contribution in [2.75, 3.05) is 98.2 Å². The fourth-order valence-electron chi connectivity index (χ4n) is 12.1. The molecular weight excluding hydrogens is 1130 g/mol. The molecule has 0 radical (unpaired) electrons. The highest BCUT2D eigenvalue weighted by Crippen LogP contribution is 2.18. The Labute approximate surface area is 534 Å². The van der Waals surface area contributed by atoms with E-state index in [0.29, 0.717) is 117 Å². The molecule has 4 aliphatic rings. The van der Waals surface area contributed by atoms with Gasteiger partial charge in [-0.05, 0) is 142 Å². The topological polar surface area (TPSA) is 262 Å². The van der Waals surface area contributed by atoms with E-state index in [1.165, 1.54) is 19.6 Å². The Morgan fingerprint density at radius 1 is 0.281 bits per heavy atom. The van der Waals surface area contributed by atoms with Crippen molar-refractivity contribution in [3.05, 3.63) is 0 Å². The predicted octanol–water partition coefficient (Wildman–Crippen LogP) is 11.0. The largest absolute Gasteiger partial charge is 0.338 e. The first-order chi connectivity index (χ1) is 43.5. The summed E-state index contributed by atoms with van der Waals surface area (Å²) in [4.78, 5) is 136. The Hall–Kier alpha value is -5.54. The lowest BCUT2D eigenvalue weighted by Gasteiger charge is -2.23. The van der Waals surface area contributed by atoms with E-state index in [2.05, 4.69) is 31.9 Å². The van der Waals surface area contributed by atoms with E-state index in [9.17, 15) is 47.9 Å². The third kappa shape index (κ3) is 34.5. The molecule has 0 aromatic carbocycles. The van der Waals surface area contributed by atoms with Crippen molar-refractivity contribution in [2.24, 2.45) is 0 Å². The van der Waals surface area contributed by atoms with Crippen LogP contribution in [0.2, 0.25) is 0 Å². The smallest absolute Gasteiger partial charge is 0.324 e. The zero-order valence-corrected chi connectivity index (χ0v) is 55.1. The lowest BCUT2D eigenvalue weighted by molar-refractivity contribution is -0.144. The highest BCUT2D eigenvalue weighted by Gasteiger charge is 2.26. The predicted molar refractivity (Wildman–Crippen MR) is 349 cm³/mol. The maximum Gasteiger partial charge on any atom is 0.324 e. The minimum absolute atomic E-state index is 0.0238. The molecule has 0 atom stereocenters. The standard InChI is InChI=1S/C67H120N12O10/c80-58(76-54-34-14-19-39-59(76)81)38-18-2-1-10-30-50-74(51-31-11-7-27-47-71-65(87)77-55-35-15-20-40-60(77)82)63(85)69-45-25-5-3-23-43-68-44-24-4-6-26-46-70-64(86)75(52-32-12-8-28-48-72-66(88)78-56-36-16-21-41-61(78)83)53-33-13-9-29-49-73-67(89)79-57-37-17-22-42-62(79)84/h68H,1-57H2,(H,69,85)(H,70,86)(H,71,87)(H,72,88)(H,73,89). The molecule has 0 saturated carbocycles. The third-order valence-corrected chi connectivity index (χ3v) is 17.7. The van der Waals surface area contributed by atoms with Crippen LogP contribution in [0.15, 0.2) is 0 Å². The number of imide groups is 4. The summed E-state index contributed by atoms with van der Waals surface area (Å²) in [6.07, 6.45) is 36.2. The van der Waals surface area contributed by atoms with Crippen molar-refractivity contribution in [3.8, 4) is 0 Å². The van der Waals surface area contributed by atoms with Gasteiger partial charge >= 0.3 is 30.2 Å². The molecule has 15 amide bonds. The second-order valence-corrected chi connectivity index (χ2v) is 25.3. The summed E-state index contributed by atoms with van der Waals surface area (Å²) in [7, 11) is 0. The summed E-state index contributed by atoms with van der Waals surface area (Å²) in [6, 6.07) is -0.928. The van der Waals surface area contributed by atoms with Gasteiger partial charge < -0.3 is 41.7 Å².